The van der Waals surface area contributed by atoms with Gasteiger partial charge in [0.1, 0.15) is 11.4 Å². The van der Waals surface area contributed by atoms with Crippen LogP contribution in [0.15, 0.2) is 64.1 Å². The predicted molar refractivity (Wildman–Crippen MR) is 108 cm³/mol. The Labute approximate surface area is 157 Å². The topological polar surface area (TPSA) is 26.5 Å². The van der Waals surface area contributed by atoms with E-state index in [4.69, 9.17) is 4.74 Å². The zero-order chi connectivity index (χ0) is 17.8. The molecule has 0 aliphatic carbocycles. The minimum atomic E-state index is 0.624. The Hall–Kier alpha value is -2.33. The Morgan fingerprint density at radius 1 is 1.00 bits per heavy atom. The fourth-order valence-electron chi connectivity index (χ4n) is 2.91. The quantitative estimate of drug-likeness (QED) is 0.485. The van der Waals surface area contributed by atoms with Gasteiger partial charge in [-0.3, -0.25) is 4.99 Å². The lowest BCUT2D eigenvalue weighted by atomic mass is 10.2. The molecule has 3 nitrogen and oxygen atoms in total. The number of halogens is 1. The van der Waals surface area contributed by atoms with Crippen molar-refractivity contribution in [3.63, 3.8) is 0 Å². The Morgan fingerprint density at radius 2 is 1.68 bits per heavy atom. The highest BCUT2D eigenvalue weighted by molar-refractivity contribution is 9.10. The Balaban J connectivity index is 2.02. The van der Waals surface area contributed by atoms with E-state index in [1.54, 1.807) is 0 Å². The van der Waals surface area contributed by atoms with Crippen LogP contribution in [0.5, 0.6) is 5.75 Å². The maximum absolute atomic E-state index is 5.65. The van der Waals surface area contributed by atoms with E-state index in [-0.39, 0.29) is 0 Å². The van der Waals surface area contributed by atoms with Crippen molar-refractivity contribution in [3.8, 4) is 11.4 Å². The summed E-state index contributed by atoms with van der Waals surface area (Å²) in [4.78, 5) is 4.67. The SMILES string of the molecule is CCOc1ccccc1N=Cc1c(Br)c(C)n(-c2ccccc2)c1C. The molecule has 0 saturated heterocycles. The maximum Gasteiger partial charge on any atom is 0.144 e. The molecule has 3 aromatic rings. The van der Waals surface area contributed by atoms with Gasteiger partial charge >= 0.3 is 0 Å². The summed E-state index contributed by atoms with van der Waals surface area (Å²) in [5.74, 6) is 0.800. The molecule has 128 valence electrons. The average molecular weight is 397 g/mol. The molecule has 0 aliphatic heterocycles. The van der Waals surface area contributed by atoms with E-state index in [0.29, 0.717) is 6.61 Å². The molecule has 0 bridgehead atoms. The monoisotopic (exact) mass is 396 g/mol. The normalized spacial score (nSPS) is 11.2. The van der Waals surface area contributed by atoms with Gasteiger partial charge in [0, 0.05) is 33.3 Å². The highest BCUT2D eigenvalue weighted by Crippen LogP contribution is 2.31. The molecule has 0 amide bonds. The molecule has 0 atom stereocenters. The number of para-hydroxylation sites is 3. The van der Waals surface area contributed by atoms with Gasteiger partial charge in [-0.05, 0) is 61.0 Å². The molecule has 0 fully saturated rings. The summed E-state index contributed by atoms with van der Waals surface area (Å²) in [7, 11) is 0. The molecule has 3 rings (SSSR count). The molecule has 0 spiro atoms. The van der Waals surface area contributed by atoms with Gasteiger partial charge in [0.05, 0.1) is 6.61 Å². The van der Waals surface area contributed by atoms with E-state index >= 15 is 0 Å². The number of aliphatic imine (C=N–C) groups is 1. The second-order valence-electron chi connectivity index (χ2n) is 5.73. The maximum atomic E-state index is 5.65. The van der Waals surface area contributed by atoms with Crippen LogP contribution in [-0.4, -0.2) is 17.4 Å². The van der Waals surface area contributed by atoms with Crippen molar-refractivity contribution in [2.75, 3.05) is 6.61 Å². The van der Waals surface area contributed by atoms with E-state index in [2.05, 4.69) is 51.5 Å². The van der Waals surface area contributed by atoms with Crippen LogP contribution in [0.1, 0.15) is 23.9 Å². The summed E-state index contributed by atoms with van der Waals surface area (Å²) >= 11 is 3.73. The Kier molecular flexibility index (Phi) is 5.39. The first-order valence-corrected chi connectivity index (χ1v) is 9.11. The first-order chi connectivity index (χ1) is 12.1. The lowest BCUT2D eigenvalue weighted by Gasteiger charge is -2.09. The highest BCUT2D eigenvalue weighted by atomic mass is 79.9. The molecule has 1 heterocycles. The van der Waals surface area contributed by atoms with E-state index in [0.717, 1.165) is 38.5 Å². The van der Waals surface area contributed by atoms with Gasteiger partial charge in [-0.1, -0.05) is 30.3 Å². The Bertz CT molecular complexity index is 898. The molecule has 1 aromatic heterocycles. The minimum absolute atomic E-state index is 0.624. The van der Waals surface area contributed by atoms with Crippen LogP contribution in [0.4, 0.5) is 5.69 Å². The van der Waals surface area contributed by atoms with Crippen LogP contribution in [-0.2, 0) is 0 Å². The van der Waals surface area contributed by atoms with E-state index in [1.165, 1.54) is 0 Å². The Morgan fingerprint density at radius 3 is 2.40 bits per heavy atom. The molecular weight excluding hydrogens is 376 g/mol. The van der Waals surface area contributed by atoms with E-state index < -0.39 is 0 Å². The van der Waals surface area contributed by atoms with Crippen LogP contribution in [0.25, 0.3) is 5.69 Å². The first kappa shape index (κ1) is 17.5. The van der Waals surface area contributed by atoms with Gasteiger partial charge in [-0.25, -0.2) is 0 Å². The second-order valence-corrected chi connectivity index (χ2v) is 6.52. The van der Waals surface area contributed by atoms with Crippen molar-refractivity contribution in [2.45, 2.75) is 20.8 Å². The molecule has 25 heavy (non-hydrogen) atoms. The summed E-state index contributed by atoms with van der Waals surface area (Å²) in [5.41, 5.74) is 5.36. The summed E-state index contributed by atoms with van der Waals surface area (Å²) in [6.07, 6.45) is 1.91. The van der Waals surface area contributed by atoms with Gasteiger partial charge in [0.15, 0.2) is 0 Å². The third kappa shape index (κ3) is 3.54. The number of nitrogens with zero attached hydrogens (tertiary/aromatic N) is 2. The minimum Gasteiger partial charge on any atom is -0.492 e. The van der Waals surface area contributed by atoms with Crippen LogP contribution >= 0.6 is 15.9 Å². The highest BCUT2D eigenvalue weighted by Gasteiger charge is 2.15. The van der Waals surface area contributed by atoms with Gasteiger partial charge < -0.3 is 9.30 Å². The number of benzene rings is 2. The van der Waals surface area contributed by atoms with Crippen molar-refractivity contribution in [2.24, 2.45) is 4.99 Å². The second kappa shape index (κ2) is 7.70. The zero-order valence-electron chi connectivity index (χ0n) is 14.7. The van der Waals surface area contributed by atoms with Gasteiger partial charge in [-0.2, -0.15) is 0 Å². The summed E-state index contributed by atoms with van der Waals surface area (Å²) in [5, 5.41) is 0. The largest absolute Gasteiger partial charge is 0.492 e. The standard InChI is InChI=1S/C21H21BrN2O/c1-4-25-20-13-9-8-12-19(20)23-14-18-15(2)24(16(3)21(18)22)17-10-6-5-7-11-17/h5-14H,4H2,1-3H3. The van der Waals surface area contributed by atoms with Crippen molar-refractivity contribution in [1.29, 1.82) is 0 Å². The molecule has 0 aliphatic rings. The zero-order valence-corrected chi connectivity index (χ0v) is 16.2. The molecule has 0 saturated carbocycles. The van der Waals surface area contributed by atoms with Crippen LogP contribution in [0, 0.1) is 13.8 Å². The smallest absolute Gasteiger partial charge is 0.144 e. The summed E-state index contributed by atoms with van der Waals surface area (Å²) in [6, 6.07) is 18.2. The molecular formula is C21H21BrN2O. The number of ether oxygens (including phenoxy) is 1. The van der Waals surface area contributed by atoms with Crippen molar-refractivity contribution < 1.29 is 4.74 Å². The molecule has 0 radical (unpaired) electrons. The number of rotatable bonds is 5. The van der Waals surface area contributed by atoms with E-state index in [9.17, 15) is 0 Å². The average Bonchev–Trinajstić information content (AvgIpc) is 2.84. The van der Waals surface area contributed by atoms with Crippen LogP contribution < -0.4 is 4.74 Å². The summed E-state index contributed by atoms with van der Waals surface area (Å²) < 4.78 is 8.95. The van der Waals surface area contributed by atoms with Gasteiger partial charge in [0.2, 0.25) is 0 Å². The first-order valence-electron chi connectivity index (χ1n) is 8.32. The van der Waals surface area contributed by atoms with Crippen molar-refractivity contribution >= 4 is 27.8 Å². The van der Waals surface area contributed by atoms with Gasteiger partial charge in [0.25, 0.3) is 0 Å². The van der Waals surface area contributed by atoms with Crippen LogP contribution in [0.2, 0.25) is 0 Å². The van der Waals surface area contributed by atoms with Crippen molar-refractivity contribution in [3.05, 3.63) is 76.0 Å². The fraction of sp³-hybridized carbons (Fsp3) is 0.190. The predicted octanol–water partition coefficient (Wildman–Crippen LogP) is 6.01. The van der Waals surface area contributed by atoms with E-state index in [1.807, 2.05) is 55.6 Å². The molecule has 0 unspecified atom stereocenters. The van der Waals surface area contributed by atoms with Crippen LogP contribution in [0.3, 0.4) is 0 Å². The lowest BCUT2D eigenvalue weighted by molar-refractivity contribution is 0.341. The molecule has 2 aromatic carbocycles. The number of aromatic nitrogens is 1. The third-order valence-corrected chi connectivity index (χ3v) is 5.13. The van der Waals surface area contributed by atoms with Crippen molar-refractivity contribution in [1.82, 2.24) is 4.57 Å². The molecule has 0 N–H and O–H groups in total. The van der Waals surface area contributed by atoms with Gasteiger partial charge in [-0.15, -0.1) is 0 Å². The third-order valence-electron chi connectivity index (χ3n) is 4.13. The fourth-order valence-corrected chi connectivity index (χ4v) is 3.48. The number of hydrogen-bond donors (Lipinski definition) is 0. The molecule has 4 heteroatoms. The number of hydrogen-bond acceptors (Lipinski definition) is 2. The summed E-state index contributed by atoms with van der Waals surface area (Å²) in [6.45, 7) is 6.82. The lowest BCUT2D eigenvalue weighted by Crippen LogP contribution is -1.99.